The summed E-state index contributed by atoms with van der Waals surface area (Å²) in [6, 6.07) is 6.22. The molecular weight excluding hydrogens is 320 g/mol. The lowest BCUT2D eigenvalue weighted by Crippen LogP contribution is -2.23. The maximum atomic E-state index is 11.2. The minimum atomic E-state index is -1.36. The predicted molar refractivity (Wildman–Crippen MR) is 74.0 cm³/mol. The molecule has 1 aromatic heterocycles. The molecule has 0 saturated carbocycles. The van der Waals surface area contributed by atoms with Crippen molar-refractivity contribution < 1.29 is 23.6 Å². The summed E-state index contributed by atoms with van der Waals surface area (Å²) in [6.07, 6.45) is 1.52. The van der Waals surface area contributed by atoms with Gasteiger partial charge in [-0.25, -0.2) is 0 Å². The average molecular weight is 330 g/mol. The van der Waals surface area contributed by atoms with Crippen LogP contribution in [0.3, 0.4) is 0 Å². The first-order valence-corrected chi connectivity index (χ1v) is 6.75. The van der Waals surface area contributed by atoms with Crippen LogP contribution in [0.5, 0.6) is 0 Å². The zero-order valence-corrected chi connectivity index (χ0v) is 12.1. The van der Waals surface area contributed by atoms with E-state index in [4.69, 9.17) is 21.9 Å². The average Bonchev–Trinajstić information content (AvgIpc) is 2.97. The lowest BCUT2D eigenvalue weighted by Gasteiger charge is -2.14. The molecule has 0 fully saturated rings. The normalized spacial score (nSPS) is 10.6. The third-order valence-electron chi connectivity index (χ3n) is 2.49. The molecule has 0 saturated heterocycles. The number of carboxylic acids is 1. The Labute approximate surface area is 129 Å². The number of rotatable bonds is 7. The van der Waals surface area contributed by atoms with Crippen LogP contribution in [0.2, 0.25) is 5.02 Å². The van der Waals surface area contributed by atoms with Crippen LogP contribution in [0.15, 0.2) is 39.8 Å². The number of furan rings is 1. The molecule has 0 aliphatic carbocycles. The number of benzene rings is 1. The summed E-state index contributed by atoms with van der Waals surface area (Å²) in [4.78, 5) is 15.5. The van der Waals surface area contributed by atoms with E-state index in [0.717, 1.165) is 0 Å². The number of aromatic carboxylic acids is 1. The highest BCUT2D eigenvalue weighted by molar-refractivity contribution is 7.94. The van der Waals surface area contributed by atoms with Crippen LogP contribution in [-0.4, -0.2) is 5.97 Å². The van der Waals surface area contributed by atoms with Crippen molar-refractivity contribution in [3.63, 3.8) is 0 Å². The van der Waals surface area contributed by atoms with E-state index in [1.165, 1.54) is 18.4 Å². The van der Waals surface area contributed by atoms with Crippen molar-refractivity contribution in [3.05, 3.63) is 46.9 Å². The molecule has 2 rings (SSSR count). The molecule has 112 valence electrons. The minimum absolute atomic E-state index is 0.0749. The largest absolute Gasteiger partial charge is 0.545 e. The fourth-order valence-electron chi connectivity index (χ4n) is 1.58. The molecule has 7 nitrogen and oxygen atoms in total. The second kappa shape index (κ2) is 7.34. The number of nitrogens with one attached hydrogen (secondary N) is 1. The highest BCUT2D eigenvalue weighted by atomic mass is 35.5. The van der Waals surface area contributed by atoms with Gasteiger partial charge in [-0.15, -0.1) is 9.32 Å². The molecule has 0 radical (unpaired) electrons. The Morgan fingerprint density at radius 2 is 2.33 bits per heavy atom. The summed E-state index contributed by atoms with van der Waals surface area (Å²) < 4.78 is 9.60. The number of anilines is 1. The molecule has 0 amide bonds. The molecule has 0 spiro atoms. The summed E-state index contributed by atoms with van der Waals surface area (Å²) in [6.45, 7) is 0.304. The lowest BCUT2D eigenvalue weighted by atomic mass is 10.1. The van der Waals surface area contributed by atoms with Crippen LogP contribution in [0.1, 0.15) is 16.1 Å². The first-order chi connectivity index (χ1) is 10.1. The number of halogens is 1. The van der Waals surface area contributed by atoms with Gasteiger partial charge in [-0.2, -0.15) is 5.90 Å². The highest BCUT2D eigenvalue weighted by Gasteiger charge is 2.11. The predicted octanol–water partition coefficient (Wildman–Crippen LogP) is 1.74. The molecule has 0 unspecified atom stereocenters. The van der Waals surface area contributed by atoms with Gasteiger partial charge in [-0.3, -0.25) is 0 Å². The first kappa shape index (κ1) is 15.7. The van der Waals surface area contributed by atoms with Crippen LogP contribution in [-0.2, 0) is 15.9 Å². The molecule has 0 aliphatic rings. The van der Waals surface area contributed by atoms with Crippen LogP contribution in [0, 0.1) is 0 Å². The van der Waals surface area contributed by atoms with E-state index in [0.29, 0.717) is 34.9 Å². The van der Waals surface area contributed by atoms with Crippen molar-refractivity contribution in [2.24, 2.45) is 5.90 Å². The number of carboxylic acid groups (broad SMARTS) is 1. The molecule has 9 heteroatoms. The van der Waals surface area contributed by atoms with E-state index in [2.05, 4.69) is 14.6 Å². The Kier molecular flexibility index (Phi) is 5.48. The van der Waals surface area contributed by atoms with Gasteiger partial charge in [-0.05, 0) is 24.3 Å². The van der Waals surface area contributed by atoms with Crippen LogP contribution < -0.4 is 16.3 Å². The standard InChI is InChI=1S/C12H11ClN2O5S/c13-9-5-10(15-6-7-2-1-3-18-7)8(12(16)17)4-11(9)21-20-19-14/h1-5,15H,6,14H2,(H,16,17)/p-1. The number of carbonyl (C=O) groups is 1. The second-order valence-corrected chi connectivity index (χ2v) is 4.95. The highest BCUT2D eigenvalue weighted by Crippen LogP contribution is 2.33. The van der Waals surface area contributed by atoms with Crippen molar-refractivity contribution in [1.29, 1.82) is 0 Å². The van der Waals surface area contributed by atoms with Gasteiger partial charge >= 0.3 is 0 Å². The van der Waals surface area contributed by atoms with Gasteiger partial charge in [0.2, 0.25) is 0 Å². The van der Waals surface area contributed by atoms with Gasteiger partial charge < -0.3 is 19.6 Å². The van der Waals surface area contributed by atoms with Crippen molar-refractivity contribution in [1.82, 2.24) is 0 Å². The van der Waals surface area contributed by atoms with Gasteiger partial charge in [0, 0.05) is 11.3 Å². The summed E-state index contributed by atoms with van der Waals surface area (Å²) in [5.41, 5.74) is 0.225. The molecule has 1 aromatic carbocycles. The molecule has 21 heavy (non-hydrogen) atoms. The van der Waals surface area contributed by atoms with Gasteiger partial charge in [0.25, 0.3) is 0 Å². The quantitative estimate of drug-likeness (QED) is 0.449. The van der Waals surface area contributed by atoms with Gasteiger partial charge in [0.05, 0.1) is 40.7 Å². The van der Waals surface area contributed by atoms with E-state index in [1.54, 1.807) is 12.1 Å². The number of hydrogen-bond acceptors (Lipinski definition) is 8. The van der Waals surface area contributed by atoms with Crippen molar-refractivity contribution in [3.8, 4) is 0 Å². The van der Waals surface area contributed by atoms with Gasteiger partial charge in [0.1, 0.15) is 5.76 Å². The van der Waals surface area contributed by atoms with Crippen LogP contribution in [0.25, 0.3) is 0 Å². The second-order valence-electron chi connectivity index (χ2n) is 3.80. The molecule has 0 atom stereocenters. The van der Waals surface area contributed by atoms with Crippen molar-refractivity contribution in [2.75, 3.05) is 5.32 Å². The van der Waals surface area contributed by atoms with Crippen molar-refractivity contribution >= 4 is 35.3 Å². The van der Waals surface area contributed by atoms with E-state index in [9.17, 15) is 9.90 Å². The Morgan fingerprint density at radius 1 is 1.52 bits per heavy atom. The Hall–Kier alpha value is -1.71. The third kappa shape index (κ3) is 4.13. The Balaban J connectivity index is 2.22. The van der Waals surface area contributed by atoms with E-state index in [1.807, 2.05) is 0 Å². The van der Waals surface area contributed by atoms with E-state index in [-0.39, 0.29) is 10.6 Å². The molecule has 3 N–H and O–H groups in total. The van der Waals surface area contributed by atoms with E-state index < -0.39 is 5.97 Å². The minimum Gasteiger partial charge on any atom is -0.545 e. The molecular formula is C12H10ClN2O5S-. The molecule has 0 aliphatic heterocycles. The summed E-state index contributed by atoms with van der Waals surface area (Å²) >= 11 is 6.72. The molecule has 2 aromatic rings. The number of hydrogen-bond donors (Lipinski definition) is 2. The smallest absolute Gasteiger partial charge is 0.122 e. The zero-order valence-electron chi connectivity index (χ0n) is 10.5. The van der Waals surface area contributed by atoms with Crippen LogP contribution >= 0.6 is 23.6 Å². The van der Waals surface area contributed by atoms with Crippen LogP contribution in [0.4, 0.5) is 5.69 Å². The SMILES string of the molecule is NOOSc1cc(C(=O)[O-])c(NCc2ccco2)cc1Cl. The topological polar surface area (TPSA) is 110 Å². The number of carbonyl (C=O) groups excluding carboxylic acids is 1. The Bertz CT molecular complexity index is 620. The maximum absolute atomic E-state index is 11.2. The van der Waals surface area contributed by atoms with Gasteiger partial charge in [-0.1, -0.05) is 11.6 Å². The molecule has 0 bridgehead atoms. The maximum Gasteiger partial charge on any atom is 0.122 e. The summed E-state index contributed by atoms with van der Waals surface area (Å²) in [5, 5.41) is 14.4. The fraction of sp³-hybridized carbons (Fsp3) is 0.0833. The first-order valence-electron chi connectivity index (χ1n) is 5.63. The summed E-state index contributed by atoms with van der Waals surface area (Å²) in [5.74, 6) is 4.01. The zero-order chi connectivity index (χ0) is 15.2. The number of nitrogens with two attached hydrogens (primary N) is 1. The Morgan fingerprint density at radius 3 is 2.95 bits per heavy atom. The monoisotopic (exact) mass is 329 g/mol. The van der Waals surface area contributed by atoms with Crippen molar-refractivity contribution in [2.45, 2.75) is 11.4 Å². The lowest BCUT2D eigenvalue weighted by molar-refractivity contribution is -0.254. The van der Waals surface area contributed by atoms with E-state index >= 15 is 0 Å². The van der Waals surface area contributed by atoms with Gasteiger partial charge in [0.15, 0.2) is 0 Å². The molecule has 1 heterocycles. The fourth-order valence-corrected chi connectivity index (χ4v) is 2.26. The third-order valence-corrected chi connectivity index (χ3v) is 3.58. The summed E-state index contributed by atoms with van der Waals surface area (Å²) in [7, 11) is 0.